The fraction of sp³-hybridized carbons (Fsp3) is 0.167. The zero-order valence-corrected chi connectivity index (χ0v) is 6.43. The number of rotatable bonds is 2. The smallest absolute Gasteiger partial charge is 0.207 e. The Hall–Kier alpha value is -1.85. The van der Waals surface area contributed by atoms with Crippen molar-refractivity contribution in [3.63, 3.8) is 0 Å². The van der Waals surface area contributed by atoms with Crippen LogP contribution in [0.3, 0.4) is 0 Å². The second-order valence-electron chi connectivity index (χ2n) is 1.93. The third-order valence-corrected chi connectivity index (χ3v) is 1.20. The molecule has 1 aromatic heterocycles. The molecule has 1 rings (SSSR count). The predicted octanol–water partition coefficient (Wildman–Crippen LogP) is -0.420. The number of methoxy groups -OCH3 is 1. The lowest BCUT2D eigenvalue weighted by Crippen LogP contribution is -2.16. The normalized spacial score (nSPS) is 11.2. The first-order chi connectivity index (χ1) is 5.77. The van der Waals surface area contributed by atoms with Gasteiger partial charge in [-0.1, -0.05) is 5.16 Å². The Bertz CT molecular complexity index is 282. The van der Waals surface area contributed by atoms with E-state index in [-0.39, 0.29) is 11.7 Å². The van der Waals surface area contributed by atoms with Gasteiger partial charge in [0.1, 0.15) is 0 Å². The van der Waals surface area contributed by atoms with Gasteiger partial charge in [0.25, 0.3) is 0 Å². The zero-order chi connectivity index (χ0) is 8.97. The van der Waals surface area contributed by atoms with Crippen molar-refractivity contribution in [2.24, 2.45) is 10.9 Å². The molecule has 0 radical (unpaired) electrons. The Balaban J connectivity index is 2.92. The van der Waals surface area contributed by atoms with Gasteiger partial charge in [0.05, 0.1) is 19.5 Å². The Labute approximate surface area is 68.7 Å². The SMILES string of the molecule is COc1cnc(/C(N)=N/O)nc1. The summed E-state index contributed by atoms with van der Waals surface area (Å²) in [6.45, 7) is 0. The molecule has 0 spiro atoms. The highest BCUT2D eigenvalue weighted by Crippen LogP contribution is 2.03. The maximum Gasteiger partial charge on any atom is 0.207 e. The molecule has 0 saturated carbocycles. The lowest BCUT2D eigenvalue weighted by atomic mass is 10.5. The van der Waals surface area contributed by atoms with Gasteiger partial charge in [-0.05, 0) is 0 Å². The van der Waals surface area contributed by atoms with E-state index < -0.39 is 0 Å². The maximum atomic E-state index is 8.27. The van der Waals surface area contributed by atoms with Gasteiger partial charge in [-0.15, -0.1) is 0 Å². The van der Waals surface area contributed by atoms with Crippen LogP contribution < -0.4 is 10.5 Å². The first-order valence-corrected chi connectivity index (χ1v) is 3.12. The standard InChI is InChI=1S/C6H8N4O2/c1-12-4-2-8-6(9-3-4)5(7)10-11/h2-3,11H,1H3,(H2,7,10). The van der Waals surface area contributed by atoms with Crippen molar-refractivity contribution in [2.75, 3.05) is 7.11 Å². The van der Waals surface area contributed by atoms with Crippen LogP contribution in [0.25, 0.3) is 0 Å². The van der Waals surface area contributed by atoms with E-state index in [9.17, 15) is 0 Å². The second-order valence-corrected chi connectivity index (χ2v) is 1.93. The summed E-state index contributed by atoms with van der Waals surface area (Å²) in [6, 6.07) is 0. The molecule has 0 unspecified atom stereocenters. The molecule has 3 N–H and O–H groups in total. The summed E-state index contributed by atoms with van der Waals surface area (Å²) < 4.78 is 4.81. The highest BCUT2D eigenvalue weighted by molar-refractivity contribution is 5.93. The lowest BCUT2D eigenvalue weighted by molar-refractivity contribution is 0.318. The molecule has 0 aliphatic rings. The van der Waals surface area contributed by atoms with E-state index in [4.69, 9.17) is 15.7 Å². The fourth-order valence-corrected chi connectivity index (χ4v) is 0.599. The van der Waals surface area contributed by atoms with E-state index in [1.807, 2.05) is 0 Å². The van der Waals surface area contributed by atoms with Gasteiger partial charge >= 0.3 is 0 Å². The summed E-state index contributed by atoms with van der Waals surface area (Å²) in [5.41, 5.74) is 5.22. The van der Waals surface area contributed by atoms with Crippen molar-refractivity contribution in [1.82, 2.24) is 9.97 Å². The minimum Gasteiger partial charge on any atom is -0.494 e. The van der Waals surface area contributed by atoms with E-state index in [2.05, 4.69) is 15.1 Å². The number of nitrogens with two attached hydrogens (primary N) is 1. The van der Waals surface area contributed by atoms with E-state index >= 15 is 0 Å². The van der Waals surface area contributed by atoms with E-state index in [0.29, 0.717) is 5.75 Å². The number of amidine groups is 1. The molecule has 6 heteroatoms. The summed E-state index contributed by atoms with van der Waals surface area (Å²) >= 11 is 0. The summed E-state index contributed by atoms with van der Waals surface area (Å²) in [7, 11) is 1.50. The summed E-state index contributed by atoms with van der Waals surface area (Å²) in [5.74, 6) is 0.556. The van der Waals surface area contributed by atoms with Gasteiger partial charge in [0.15, 0.2) is 11.6 Å². The summed E-state index contributed by atoms with van der Waals surface area (Å²) in [6.07, 6.45) is 2.86. The van der Waals surface area contributed by atoms with Gasteiger partial charge in [0, 0.05) is 0 Å². The largest absolute Gasteiger partial charge is 0.494 e. The third-order valence-electron chi connectivity index (χ3n) is 1.20. The van der Waals surface area contributed by atoms with Crippen LogP contribution in [0, 0.1) is 0 Å². The highest BCUT2D eigenvalue weighted by Gasteiger charge is 2.01. The molecule has 0 aliphatic carbocycles. The quantitative estimate of drug-likeness (QED) is 0.271. The molecule has 6 nitrogen and oxygen atoms in total. The summed E-state index contributed by atoms with van der Waals surface area (Å²) in [4.78, 5) is 7.54. The molecule has 0 aliphatic heterocycles. The van der Waals surface area contributed by atoms with E-state index in [1.54, 1.807) is 0 Å². The van der Waals surface area contributed by atoms with Crippen LogP contribution in [-0.4, -0.2) is 28.1 Å². The number of aromatic nitrogens is 2. The monoisotopic (exact) mass is 168 g/mol. The number of hydrogen-bond donors (Lipinski definition) is 2. The molecule has 1 aromatic rings. The molecule has 0 bridgehead atoms. The van der Waals surface area contributed by atoms with Crippen molar-refractivity contribution in [3.8, 4) is 5.75 Å². The second kappa shape index (κ2) is 3.51. The van der Waals surface area contributed by atoms with Crippen LogP contribution in [0.1, 0.15) is 5.82 Å². The number of hydrogen-bond acceptors (Lipinski definition) is 5. The van der Waals surface area contributed by atoms with Crippen LogP contribution in [0.5, 0.6) is 5.75 Å². The van der Waals surface area contributed by atoms with Crippen LogP contribution in [0.15, 0.2) is 17.5 Å². The van der Waals surface area contributed by atoms with Crippen LogP contribution >= 0.6 is 0 Å². The fourth-order valence-electron chi connectivity index (χ4n) is 0.599. The molecule has 0 atom stereocenters. The Morgan fingerprint density at radius 3 is 2.58 bits per heavy atom. The minimum atomic E-state index is -0.127. The van der Waals surface area contributed by atoms with Crippen molar-refractivity contribution < 1.29 is 9.94 Å². The first-order valence-electron chi connectivity index (χ1n) is 3.12. The molecule has 64 valence electrons. The van der Waals surface area contributed by atoms with Gasteiger partial charge in [0.2, 0.25) is 5.84 Å². The van der Waals surface area contributed by atoms with Crippen LogP contribution in [0.2, 0.25) is 0 Å². The Kier molecular flexibility index (Phi) is 2.42. The van der Waals surface area contributed by atoms with Crippen molar-refractivity contribution >= 4 is 5.84 Å². The molecule has 0 saturated heterocycles. The van der Waals surface area contributed by atoms with Gasteiger partial charge in [-0.2, -0.15) is 0 Å². The molecule has 0 fully saturated rings. The first kappa shape index (κ1) is 8.25. The minimum absolute atomic E-state index is 0.127. The van der Waals surface area contributed by atoms with Gasteiger partial charge in [-0.3, -0.25) is 0 Å². The molecule has 0 amide bonds. The van der Waals surface area contributed by atoms with Crippen molar-refractivity contribution in [3.05, 3.63) is 18.2 Å². The Morgan fingerprint density at radius 1 is 1.58 bits per heavy atom. The number of oxime groups is 1. The third kappa shape index (κ3) is 1.60. The average Bonchev–Trinajstić information content (AvgIpc) is 2.17. The highest BCUT2D eigenvalue weighted by atomic mass is 16.5. The molecular formula is C6H8N4O2. The number of ether oxygens (including phenoxy) is 1. The zero-order valence-electron chi connectivity index (χ0n) is 6.43. The van der Waals surface area contributed by atoms with Crippen molar-refractivity contribution in [1.29, 1.82) is 0 Å². The van der Waals surface area contributed by atoms with E-state index in [0.717, 1.165) is 0 Å². The topological polar surface area (TPSA) is 93.6 Å². The van der Waals surface area contributed by atoms with E-state index in [1.165, 1.54) is 19.5 Å². The average molecular weight is 168 g/mol. The number of nitrogens with zero attached hydrogens (tertiary/aromatic N) is 3. The molecule has 12 heavy (non-hydrogen) atoms. The van der Waals surface area contributed by atoms with Gasteiger partial charge < -0.3 is 15.7 Å². The molecule has 0 aromatic carbocycles. The lowest BCUT2D eigenvalue weighted by Gasteiger charge is -1.98. The summed E-state index contributed by atoms with van der Waals surface area (Å²) in [5, 5.41) is 11.0. The van der Waals surface area contributed by atoms with Crippen molar-refractivity contribution in [2.45, 2.75) is 0 Å². The van der Waals surface area contributed by atoms with Gasteiger partial charge in [-0.25, -0.2) is 9.97 Å². The van der Waals surface area contributed by atoms with Crippen LogP contribution in [-0.2, 0) is 0 Å². The maximum absolute atomic E-state index is 8.27. The van der Waals surface area contributed by atoms with Crippen LogP contribution in [0.4, 0.5) is 0 Å². The molecule has 1 heterocycles. The predicted molar refractivity (Wildman–Crippen MR) is 41.1 cm³/mol. The molecular weight excluding hydrogens is 160 g/mol. The Morgan fingerprint density at radius 2 is 2.17 bits per heavy atom.